The molecule has 0 saturated heterocycles. The maximum absolute atomic E-state index is 11.1. The highest BCUT2D eigenvalue weighted by Gasteiger charge is 2.10. The lowest BCUT2D eigenvalue weighted by Gasteiger charge is -2.17. The largest absolute Gasteiger partial charge is 0.496 e. The van der Waals surface area contributed by atoms with Crippen molar-refractivity contribution in [3.8, 4) is 0 Å². The molecule has 4 heteroatoms. The first-order valence-electron chi connectivity index (χ1n) is 7.48. The van der Waals surface area contributed by atoms with E-state index in [9.17, 15) is 4.79 Å². The summed E-state index contributed by atoms with van der Waals surface area (Å²) in [4.78, 5) is 11.1. The monoisotopic (exact) mass is 302 g/mol. The normalized spacial score (nSPS) is 13.0. The molecule has 0 bridgehead atoms. The second kappa shape index (κ2) is 8.39. The van der Waals surface area contributed by atoms with Crippen molar-refractivity contribution in [2.24, 2.45) is 0 Å². The Bertz CT molecular complexity index is 560. The zero-order valence-corrected chi connectivity index (χ0v) is 13.0. The highest BCUT2D eigenvalue weighted by atomic mass is 16.6. The van der Waals surface area contributed by atoms with Crippen molar-refractivity contribution in [1.82, 2.24) is 0 Å². The minimum atomic E-state index is -0.383. The minimum Gasteiger partial charge on any atom is -0.496 e. The molecule has 0 fully saturated rings. The molecule has 2 rings (SSSR count). The summed E-state index contributed by atoms with van der Waals surface area (Å²) in [5.74, 6) is 0.613. The number of ether oxygens (including phenoxy) is 3. The first-order valence-corrected chi connectivity index (χ1v) is 7.48. The summed E-state index contributed by atoms with van der Waals surface area (Å²) in [6.45, 7) is 6.71. The molecule has 1 aliphatic rings. The summed E-state index contributed by atoms with van der Waals surface area (Å²) in [6, 6.07) is 8.35. The average Bonchev–Trinajstić information content (AvgIpc) is 2.53. The molecule has 0 radical (unpaired) electrons. The highest BCUT2D eigenvalue weighted by Crippen LogP contribution is 2.23. The Morgan fingerprint density at radius 1 is 1.14 bits per heavy atom. The third-order valence-electron chi connectivity index (χ3n) is 3.34. The first-order chi connectivity index (χ1) is 10.7. The van der Waals surface area contributed by atoms with Gasteiger partial charge in [-0.3, -0.25) is 0 Å². The first kappa shape index (κ1) is 16.3. The fraction of sp³-hybridized carbons (Fsp3) is 0.389. The van der Waals surface area contributed by atoms with Crippen LogP contribution in [0.2, 0.25) is 0 Å². The van der Waals surface area contributed by atoms with E-state index in [4.69, 9.17) is 14.2 Å². The van der Waals surface area contributed by atoms with Gasteiger partial charge in [0, 0.05) is 12.0 Å². The lowest BCUT2D eigenvalue weighted by atomic mass is 9.96. The van der Waals surface area contributed by atoms with Crippen LogP contribution >= 0.6 is 0 Å². The van der Waals surface area contributed by atoms with Crippen molar-refractivity contribution < 1.29 is 19.0 Å². The van der Waals surface area contributed by atoms with E-state index in [1.807, 2.05) is 6.07 Å². The Hall–Kier alpha value is -2.07. The highest BCUT2D eigenvalue weighted by molar-refractivity contribution is 5.86. The predicted molar refractivity (Wildman–Crippen MR) is 85.3 cm³/mol. The number of allylic oxidation sites excluding steroid dienone is 1. The van der Waals surface area contributed by atoms with E-state index in [1.165, 1.54) is 11.1 Å². The number of aryl methyl sites for hydroxylation is 1. The molecule has 1 aromatic rings. The van der Waals surface area contributed by atoms with Crippen LogP contribution in [0.5, 0.6) is 0 Å². The molecule has 22 heavy (non-hydrogen) atoms. The van der Waals surface area contributed by atoms with Crippen molar-refractivity contribution in [2.75, 3.05) is 26.4 Å². The van der Waals surface area contributed by atoms with Crippen LogP contribution in [0.15, 0.2) is 42.2 Å². The lowest BCUT2D eigenvalue weighted by Crippen LogP contribution is -2.13. The summed E-state index contributed by atoms with van der Waals surface area (Å²) in [5.41, 5.74) is 3.00. The summed E-state index contributed by atoms with van der Waals surface area (Å²) < 4.78 is 16.0. The molecular formula is C18H22O4. The van der Waals surface area contributed by atoms with E-state index in [2.05, 4.69) is 30.9 Å². The summed E-state index contributed by atoms with van der Waals surface area (Å²) in [6.07, 6.45) is 4.03. The fourth-order valence-corrected chi connectivity index (χ4v) is 2.17. The number of fused-ring (bicyclic) bond motifs is 1. The van der Waals surface area contributed by atoms with Gasteiger partial charge in [0.25, 0.3) is 0 Å². The average molecular weight is 302 g/mol. The quantitative estimate of drug-likeness (QED) is 0.420. The maximum Gasteiger partial charge on any atom is 0.333 e. The smallest absolute Gasteiger partial charge is 0.333 e. The maximum atomic E-state index is 11.1. The van der Waals surface area contributed by atoms with Crippen molar-refractivity contribution in [1.29, 1.82) is 0 Å². The van der Waals surface area contributed by atoms with Gasteiger partial charge in [-0.25, -0.2) is 4.79 Å². The van der Waals surface area contributed by atoms with Crippen molar-refractivity contribution in [3.63, 3.8) is 0 Å². The second-order valence-corrected chi connectivity index (χ2v) is 5.19. The molecule has 0 aliphatic heterocycles. The van der Waals surface area contributed by atoms with Gasteiger partial charge < -0.3 is 14.2 Å². The third kappa shape index (κ3) is 5.04. The molecule has 0 spiro atoms. The van der Waals surface area contributed by atoms with Crippen LogP contribution in [0.3, 0.4) is 0 Å². The number of carbonyl (C=O) groups excluding carboxylic acids is 1. The molecule has 0 amide bonds. The summed E-state index contributed by atoms with van der Waals surface area (Å²) in [7, 11) is 0. The van der Waals surface area contributed by atoms with Gasteiger partial charge in [-0.15, -0.1) is 0 Å². The van der Waals surface area contributed by atoms with Crippen LogP contribution in [0, 0.1) is 0 Å². The Balaban J connectivity index is 1.59. The summed E-state index contributed by atoms with van der Waals surface area (Å²) in [5, 5.41) is 0. The zero-order chi connectivity index (χ0) is 15.8. The molecule has 4 nitrogen and oxygen atoms in total. The number of esters is 1. The van der Waals surface area contributed by atoms with E-state index in [0.717, 1.165) is 18.6 Å². The topological polar surface area (TPSA) is 44.8 Å². The molecule has 0 heterocycles. The fourth-order valence-electron chi connectivity index (χ4n) is 2.17. The zero-order valence-electron chi connectivity index (χ0n) is 13.0. The number of rotatable bonds is 8. The van der Waals surface area contributed by atoms with Gasteiger partial charge in [-0.1, -0.05) is 30.8 Å². The molecule has 0 saturated carbocycles. The van der Waals surface area contributed by atoms with E-state index < -0.39 is 0 Å². The van der Waals surface area contributed by atoms with Crippen LogP contribution in [0.1, 0.15) is 24.5 Å². The number of hydrogen-bond donors (Lipinski definition) is 0. The van der Waals surface area contributed by atoms with Gasteiger partial charge in [0.2, 0.25) is 0 Å². The van der Waals surface area contributed by atoms with Crippen molar-refractivity contribution in [2.45, 2.75) is 19.8 Å². The third-order valence-corrected chi connectivity index (χ3v) is 3.34. The van der Waals surface area contributed by atoms with Crippen LogP contribution in [0.4, 0.5) is 0 Å². The number of carbonyl (C=O) groups is 1. The molecule has 0 N–H and O–H groups in total. The molecule has 0 aromatic heterocycles. The van der Waals surface area contributed by atoms with Crippen LogP contribution in [-0.4, -0.2) is 32.4 Å². The van der Waals surface area contributed by atoms with E-state index in [1.54, 1.807) is 6.92 Å². The standard InChI is InChI=1S/C18H22O4/c1-14(2)18(19)22-12-10-20-9-11-21-17-8-7-15-5-3-4-6-16(15)13-17/h3-6,13H,1,7-12H2,2H3. The molecule has 0 atom stereocenters. The Labute approximate surface area is 131 Å². The second-order valence-electron chi connectivity index (χ2n) is 5.19. The van der Waals surface area contributed by atoms with Crippen molar-refractivity contribution >= 4 is 12.0 Å². The van der Waals surface area contributed by atoms with Gasteiger partial charge >= 0.3 is 5.97 Å². The Morgan fingerprint density at radius 3 is 2.73 bits per heavy atom. The SMILES string of the molecule is C=C(C)C(=O)OCCOCCOC1=Cc2ccccc2CC1. The predicted octanol–water partition coefficient (Wildman–Crippen LogP) is 3.13. The molecule has 118 valence electrons. The van der Waals surface area contributed by atoms with E-state index >= 15 is 0 Å². The van der Waals surface area contributed by atoms with Gasteiger partial charge in [-0.2, -0.15) is 0 Å². The van der Waals surface area contributed by atoms with Gasteiger partial charge in [0.15, 0.2) is 0 Å². The molecule has 1 aliphatic carbocycles. The lowest BCUT2D eigenvalue weighted by molar-refractivity contribution is -0.140. The van der Waals surface area contributed by atoms with Crippen LogP contribution < -0.4 is 0 Å². The van der Waals surface area contributed by atoms with Crippen LogP contribution in [0.25, 0.3) is 6.08 Å². The van der Waals surface area contributed by atoms with Gasteiger partial charge in [0.05, 0.1) is 19.0 Å². The minimum absolute atomic E-state index is 0.238. The van der Waals surface area contributed by atoms with E-state index in [0.29, 0.717) is 25.4 Å². The Morgan fingerprint density at radius 2 is 1.91 bits per heavy atom. The summed E-state index contributed by atoms with van der Waals surface area (Å²) >= 11 is 0. The molecular weight excluding hydrogens is 280 g/mol. The van der Waals surface area contributed by atoms with Crippen molar-refractivity contribution in [3.05, 3.63) is 53.3 Å². The molecule has 1 aromatic carbocycles. The number of hydrogen-bond acceptors (Lipinski definition) is 4. The van der Waals surface area contributed by atoms with E-state index in [-0.39, 0.29) is 12.6 Å². The Kier molecular flexibility index (Phi) is 6.22. The van der Waals surface area contributed by atoms with Gasteiger partial charge in [0.1, 0.15) is 13.2 Å². The van der Waals surface area contributed by atoms with Crippen LogP contribution in [-0.2, 0) is 25.4 Å². The van der Waals surface area contributed by atoms with Gasteiger partial charge in [-0.05, 0) is 30.5 Å². The number of benzene rings is 1. The molecule has 0 unspecified atom stereocenters.